The molecule has 19 heavy (non-hydrogen) atoms. The van der Waals surface area contributed by atoms with Crippen molar-refractivity contribution in [3.05, 3.63) is 35.8 Å². The fourth-order valence-electron chi connectivity index (χ4n) is 3.07. The van der Waals surface area contributed by atoms with Gasteiger partial charge in [0.2, 0.25) is 0 Å². The summed E-state index contributed by atoms with van der Waals surface area (Å²) in [6.45, 7) is 6.43. The third-order valence-corrected chi connectivity index (χ3v) is 4.28. The van der Waals surface area contributed by atoms with E-state index in [1.54, 1.807) is 0 Å². The smallest absolute Gasteiger partial charge is 0.139 e. The minimum atomic E-state index is 0.244. The fraction of sp³-hybridized carbons (Fsp3) is 0.533. The summed E-state index contributed by atoms with van der Waals surface area (Å²) in [5, 5.41) is 9.50. The van der Waals surface area contributed by atoms with Crippen molar-refractivity contribution in [1.82, 2.24) is 14.3 Å². The Morgan fingerprint density at radius 3 is 3.05 bits per heavy atom. The Bertz CT molecular complexity index is 578. The highest BCUT2D eigenvalue weighted by Gasteiger charge is 2.30. The molecule has 0 spiro atoms. The topological polar surface area (TPSA) is 40.8 Å². The SMILES string of the molecule is Cc1cccn2cc(CN3CCC(C)C3CO)nc12. The van der Waals surface area contributed by atoms with Gasteiger partial charge in [0, 0.05) is 25.0 Å². The molecule has 0 saturated carbocycles. The van der Waals surface area contributed by atoms with Crippen molar-refractivity contribution in [3.63, 3.8) is 0 Å². The zero-order valence-corrected chi connectivity index (χ0v) is 11.6. The Hall–Kier alpha value is -1.39. The molecule has 3 heterocycles. The van der Waals surface area contributed by atoms with Gasteiger partial charge < -0.3 is 9.51 Å². The molecule has 0 aromatic carbocycles. The summed E-state index contributed by atoms with van der Waals surface area (Å²) in [6, 6.07) is 4.41. The van der Waals surface area contributed by atoms with Crippen LogP contribution in [-0.2, 0) is 6.54 Å². The molecule has 4 heteroatoms. The van der Waals surface area contributed by atoms with E-state index in [4.69, 9.17) is 4.98 Å². The third kappa shape index (κ3) is 2.26. The van der Waals surface area contributed by atoms with Crippen LogP contribution in [0.5, 0.6) is 0 Å². The second-order valence-corrected chi connectivity index (χ2v) is 5.64. The molecule has 2 atom stereocenters. The molecule has 0 radical (unpaired) electrons. The van der Waals surface area contributed by atoms with Gasteiger partial charge in [-0.2, -0.15) is 0 Å². The lowest BCUT2D eigenvalue weighted by Crippen LogP contribution is -2.34. The Balaban J connectivity index is 1.84. The maximum Gasteiger partial charge on any atom is 0.139 e. The van der Waals surface area contributed by atoms with Crippen molar-refractivity contribution in [2.45, 2.75) is 32.9 Å². The molecular weight excluding hydrogens is 238 g/mol. The number of hydrogen-bond acceptors (Lipinski definition) is 3. The van der Waals surface area contributed by atoms with Crippen molar-refractivity contribution in [1.29, 1.82) is 0 Å². The lowest BCUT2D eigenvalue weighted by Gasteiger charge is -2.23. The maximum atomic E-state index is 9.50. The van der Waals surface area contributed by atoms with Gasteiger partial charge in [-0.15, -0.1) is 0 Å². The summed E-state index contributed by atoms with van der Waals surface area (Å²) < 4.78 is 2.08. The average molecular weight is 259 g/mol. The molecule has 4 nitrogen and oxygen atoms in total. The molecular formula is C15H21N3O. The average Bonchev–Trinajstić information content (AvgIpc) is 2.94. The molecule has 1 saturated heterocycles. The first-order valence-corrected chi connectivity index (χ1v) is 6.97. The van der Waals surface area contributed by atoms with Crippen molar-refractivity contribution in [2.24, 2.45) is 5.92 Å². The number of rotatable bonds is 3. The van der Waals surface area contributed by atoms with Crippen molar-refractivity contribution < 1.29 is 5.11 Å². The van der Waals surface area contributed by atoms with E-state index >= 15 is 0 Å². The maximum absolute atomic E-state index is 9.50. The van der Waals surface area contributed by atoms with Gasteiger partial charge >= 0.3 is 0 Å². The Kier molecular flexibility index (Phi) is 3.29. The van der Waals surface area contributed by atoms with Crippen molar-refractivity contribution in [2.75, 3.05) is 13.2 Å². The number of nitrogens with zero attached hydrogens (tertiary/aromatic N) is 3. The Morgan fingerprint density at radius 1 is 1.47 bits per heavy atom. The van der Waals surface area contributed by atoms with Gasteiger partial charge in [0.05, 0.1) is 12.3 Å². The van der Waals surface area contributed by atoms with E-state index in [2.05, 4.69) is 35.4 Å². The summed E-state index contributed by atoms with van der Waals surface area (Å²) in [7, 11) is 0. The van der Waals surface area contributed by atoms with Crippen LogP contribution in [-0.4, -0.2) is 38.6 Å². The van der Waals surface area contributed by atoms with Crippen LogP contribution in [0.25, 0.3) is 5.65 Å². The number of likely N-dealkylation sites (tertiary alicyclic amines) is 1. The first kappa shape index (κ1) is 12.6. The van der Waals surface area contributed by atoms with E-state index in [0.29, 0.717) is 5.92 Å². The normalized spacial score (nSPS) is 24.4. The molecule has 0 amide bonds. The molecule has 3 rings (SSSR count). The zero-order chi connectivity index (χ0) is 13.4. The minimum Gasteiger partial charge on any atom is -0.395 e. The Labute approximate surface area is 113 Å². The van der Waals surface area contributed by atoms with Gasteiger partial charge in [-0.1, -0.05) is 13.0 Å². The lowest BCUT2D eigenvalue weighted by atomic mass is 10.0. The molecule has 2 aromatic heterocycles. The molecule has 1 aliphatic heterocycles. The van der Waals surface area contributed by atoms with E-state index in [9.17, 15) is 5.11 Å². The van der Waals surface area contributed by atoms with E-state index in [1.807, 2.05) is 12.3 Å². The molecule has 0 aliphatic carbocycles. The van der Waals surface area contributed by atoms with Gasteiger partial charge in [0.1, 0.15) is 5.65 Å². The summed E-state index contributed by atoms with van der Waals surface area (Å²) in [4.78, 5) is 7.06. The second kappa shape index (κ2) is 4.94. The number of aliphatic hydroxyl groups excluding tert-OH is 1. The largest absolute Gasteiger partial charge is 0.395 e. The molecule has 2 aromatic rings. The van der Waals surface area contributed by atoms with Crippen LogP contribution in [0.4, 0.5) is 0 Å². The van der Waals surface area contributed by atoms with Crippen LogP contribution in [0, 0.1) is 12.8 Å². The summed E-state index contributed by atoms with van der Waals surface area (Å²) in [5.74, 6) is 0.573. The van der Waals surface area contributed by atoms with Crippen LogP contribution < -0.4 is 0 Å². The van der Waals surface area contributed by atoms with Gasteiger partial charge in [-0.3, -0.25) is 4.90 Å². The first-order chi connectivity index (χ1) is 9.19. The van der Waals surface area contributed by atoms with E-state index in [-0.39, 0.29) is 12.6 Å². The van der Waals surface area contributed by atoms with Crippen LogP contribution >= 0.6 is 0 Å². The van der Waals surface area contributed by atoms with E-state index in [0.717, 1.165) is 30.9 Å². The van der Waals surface area contributed by atoms with Crippen LogP contribution in [0.2, 0.25) is 0 Å². The quantitative estimate of drug-likeness (QED) is 0.914. The highest BCUT2D eigenvalue weighted by molar-refractivity contribution is 5.47. The summed E-state index contributed by atoms with van der Waals surface area (Å²) >= 11 is 0. The van der Waals surface area contributed by atoms with Crippen molar-refractivity contribution >= 4 is 5.65 Å². The van der Waals surface area contributed by atoms with Crippen LogP contribution in [0.3, 0.4) is 0 Å². The monoisotopic (exact) mass is 259 g/mol. The standard InChI is InChI=1S/C15H21N3O/c1-11-5-7-17(14(11)10-19)8-13-9-18-6-3-4-12(2)15(18)16-13/h3-4,6,9,11,14,19H,5,7-8,10H2,1-2H3. The van der Waals surface area contributed by atoms with Crippen molar-refractivity contribution in [3.8, 4) is 0 Å². The fourth-order valence-corrected chi connectivity index (χ4v) is 3.07. The predicted molar refractivity (Wildman–Crippen MR) is 75.0 cm³/mol. The minimum absolute atomic E-state index is 0.244. The number of hydrogen-bond donors (Lipinski definition) is 1. The van der Waals surface area contributed by atoms with Gasteiger partial charge in [-0.05, 0) is 37.4 Å². The van der Waals surface area contributed by atoms with Crippen LogP contribution in [0.15, 0.2) is 24.5 Å². The van der Waals surface area contributed by atoms with Crippen LogP contribution in [0.1, 0.15) is 24.6 Å². The molecule has 1 fully saturated rings. The third-order valence-electron chi connectivity index (χ3n) is 4.28. The van der Waals surface area contributed by atoms with Gasteiger partial charge in [0.25, 0.3) is 0 Å². The predicted octanol–water partition coefficient (Wildman–Crippen LogP) is 1.85. The second-order valence-electron chi connectivity index (χ2n) is 5.64. The number of aromatic nitrogens is 2. The lowest BCUT2D eigenvalue weighted by molar-refractivity contribution is 0.133. The number of aryl methyl sites for hydroxylation is 1. The first-order valence-electron chi connectivity index (χ1n) is 6.97. The zero-order valence-electron chi connectivity index (χ0n) is 11.6. The highest BCUT2D eigenvalue weighted by atomic mass is 16.3. The molecule has 1 N–H and O–H groups in total. The van der Waals surface area contributed by atoms with Gasteiger partial charge in [0.15, 0.2) is 0 Å². The number of imidazole rings is 1. The molecule has 2 unspecified atom stereocenters. The van der Waals surface area contributed by atoms with Gasteiger partial charge in [-0.25, -0.2) is 4.98 Å². The van der Waals surface area contributed by atoms with E-state index < -0.39 is 0 Å². The molecule has 1 aliphatic rings. The molecule has 102 valence electrons. The summed E-state index contributed by atoms with van der Waals surface area (Å²) in [6.07, 6.45) is 5.30. The highest BCUT2D eigenvalue weighted by Crippen LogP contribution is 2.25. The number of aliphatic hydroxyl groups is 1. The number of pyridine rings is 1. The van der Waals surface area contributed by atoms with E-state index in [1.165, 1.54) is 5.56 Å². The summed E-state index contributed by atoms with van der Waals surface area (Å²) in [5.41, 5.74) is 3.31. The molecule has 0 bridgehead atoms. The Morgan fingerprint density at radius 2 is 2.32 bits per heavy atom. The number of fused-ring (bicyclic) bond motifs is 1.